The van der Waals surface area contributed by atoms with E-state index in [2.05, 4.69) is 5.32 Å². The van der Waals surface area contributed by atoms with Crippen molar-refractivity contribution in [2.24, 2.45) is 11.7 Å². The van der Waals surface area contributed by atoms with Crippen LogP contribution in [0.5, 0.6) is 5.75 Å². The average Bonchev–Trinajstić information content (AvgIpc) is 3.68. The summed E-state index contributed by atoms with van der Waals surface area (Å²) in [7, 11) is 0. The van der Waals surface area contributed by atoms with E-state index >= 15 is 4.79 Å². The van der Waals surface area contributed by atoms with Crippen LogP contribution in [0.1, 0.15) is 59.0 Å². The number of aliphatic hydroxyl groups is 1. The molecule has 7 atom stereocenters. The fourth-order valence-corrected chi connectivity index (χ4v) is 8.91. The Morgan fingerprint density at radius 3 is 2.11 bits per heavy atom. The van der Waals surface area contributed by atoms with Crippen LogP contribution in [0.15, 0.2) is 140 Å². The van der Waals surface area contributed by atoms with Gasteiger partial charge in [-0.15, -0.1) is 0 Å². The maximum atomic E-state index is 15.8. The third-order valence-electron chi connectivity index (χ3n) is 11.0. The number of carbonyl (C=O) groups is 4. The second kappa shape index (κ2) is 14.5. The molecule has 3 aliphatic heterocycles. The maximum absolute atomic E-state index is 15.8. The van der Waals surface area contributed by atoms with Crippen LogP contribution in [-0.2, 0) is 24.5 Å². The number of amides is 4. The third-order valence-corrected chi connectivity index (χ3v) is 11.0. The SMILES string of the molecule is CC(NC(=O)N1C(=O)C2(c3ccccc31)C(C(N)=O)C1C(=O)OC(c3ccccc3)C(c3ccccc3)N1C2c1cccc(OCCO)c1)c1ccccc1. The Labute approximate surface area is 318 Å². The lowest BCUT2D eigenvalue weighted by Crippen LogP contribution is -2.55. The van der Waals surface area contributed by atoms with Crippen molar-refractivity contribution in [3.05, 3.63) is 167 Å². The standard InChI is InChI=1S/C44H40N4O7/c1-27(28-14-5-2-6-15-28)46-43(53)47-34-23-12-11-22-33(34)44(42(47)52)35(40(45)50)37-41(51)55-38(30-18-9-4-10-19-30)36(29-16-7-3-8-17-29)48(37)39(44)31-20-13-21-32(26-31)54-25-24-49/h2-23,26-27,35-39,49H,24-25H2,1H3,(H2,45,50)(H,46,53). The Bertz CT molecular complexity index is 2240. The molecule has 0 aliphatic carbocycles. The van der Waals surface area contributed by atoms with Crippen molar-refractivity contribution in [1.29, 1.82) is 0 Å². The summed E-state index contributed by atoms with van der Waals surface area (Å²) in [4.78, 5) is 62.1. The fourth-order valence-electron chi connectivity index (χ4n) is 8.91. The summed E-state index contributed by atoms with van der Waals surface area (Å²) < 4.78 is 12.2. The largest absolute Gasteiger partial charge is 0.491 e. The van der Waals surface area contributed by atoms with Gasteiger partial charge in [0.1, 0.15) is 29.9 Å². The molecule has 1 spiro atoms. The first kappa shape index (κ1) is 35.7. The van der Waals surface area contributed by atoms with Crippen molar-refractivity contribution in [1.82, 2.24) is 10.2 Å². The number of esters is 1. The van der Waals surface area contributed by atoms with Gasteiger partial charge in [0.15, 0.2) is 0 Å². The zero-order chi connectivity index (χ0) is 38.3. The van der Waals surface area contributed by atoms with Crippen molar-refractivity contribution in [2.75, 3.05) is 18.1 Å². The van der Waals surface area contributed by atoms with E-state index in [-0.39, 0.29) is 18.9 Å². The lowest BCUT2D eigenvalue weighted by atomic mass is 9.65. The molecule has 0 bridgehead atoms. The van der Waals surface area contributed by atoms with Crippen molar-refractivity contribution in [2.45, 2.75) is 42.6 Å². The molecule has 7 unspecified atom stereocenters. The van der Waals surface area contributed by atoms with Gasteiger partial charge in [-0.2, -0.15) is 0 Å². The number of nitrogens with one attached hydrogen (secondary N) is 1. The van der Waals surface area contributed by atoms with Gasteiger partial charge < -0.3 is 25.6 Å². The molecule has 8 rings (SSSR count). The van der Waals surface area contributed by atoms with Crippen LogP contribution in [-0.4, -0.2) is 53.1 Å². The molecule has 278 valence electrons. The lowest BCUT2D eigenvalue weighted by molar-refractivity contribution is -0.178. The highest BCUT2D eigenvalue weighted by atomic mass is 16.6. The van der Waals surface area contributed by atoms with E-state index in [4.69, 9.17) is 15.2 Å². The number of para-hydroxylation sites is 1. The number of carbonyl (C=O) groups excluding carboxylic acids is 4. The van der Waals surface area contributed by atoms with Crippen LogP contribution >= 0.6 is 0 Å². The van der Waals surface area contributed by atoms with Gasteiger partial charge in [-0.05, 0) is 52.9 Å². The maximum Gasteiger partial charge on any atom is 0.329 e. The molecule has 3 aliphatic rings. The number of benzene rings is 5. The number of imide groups is 1. The monoisotopic (exact) mass is 736 g/mol. The minimum absolute atomic E-state index is 0.0138. The van der Waals surface area contributed by atoms with Gasteiger partial charge in [0.25, 0.3) is 0 Å². The Morgan fingerprint density at radius 1 is 0.818 bits per heavy atom. The van der Waals surface area contributed by atoms with Crippen LogP contribution in [0.25, 0.3) is 0 Å². The van der Waals surface area contributed by atoms with E-state index in [0.29, 0.717) is 22.4 Å². The van der Waals surface area contributed by atoms with Crippen LogP contribution in [0.3, 0.4) is 0 Å². The molecule has 2 saturated heterocycles. The Morgan fingerprint density at radius 2 is 1.44 bits per heavy atom. The molecule has 0 aromatic heterocycles. The number of fused-ring (bicyclic) bond motifs is 3. The highest BCUT2D eigenvalue weighted by Crippen LogP contribution is 2.65. The van der Waals surface area contributed by atoms with Crippen LogP contribution in [0, 0.1) is 5.92 Å². The number of anilines is 1. The number of hydrogen-bond acceptors (Lipinski definition) is 8. The van der Waals surface area contributed by atoms with E-state index in [1.165, 1.54) is 0 Å². The molecule has 11 nitrogen and oxygen atoms in total. The molecular weight excluding hydrogens is 697 g/mol. The summed E-state index contributed by atoms with van der Waals surface area (Å²) in [5, 5.41) is 12.6. The lowest BCUT2D eigenvalue weighted by Gasteiger charge is -2.46. The zero-order valence-corrected chi connectivity index (χ0v) is 30.0. The number of aliphatic hydroxyl groups excluding tert-OH is 1. The number of ether oxygens (including phenoxy) is 2. The van der Waals surface area contributed by atoms with Crippen LogP contribution < -0.4 is 20.7 Å². The molecule has 4 N–H and O–H groups in total. The number of nitrogens with two attached hydrogens (primary N) is 1. The highest BCUT2D eigenvalue weighted by Gasteiger charge is 2.75. The van der Waals surface area contributed by atoms with Crippen molar-refractivity contribution in [3.8, 4) is 5.75 Å². The van der Waals surface area contributed by atoms with E-state index in [9.17, 15) is 19.5 Å². The molecule has 11 heteroatoms. The van der Waals surface area contributed by atoms with Crippen molar-refractivity contribution in [3.63, 3.8) is 0 Å². The quantitative estimate of drug-likeness (QED) is 0.164. The number of urea groups is 1. The van der Waals surface area contributed by atoms with Gasteiger partial charge in [-0.1, -0.05) is 121 Å². The number of hydrogen-bond donors (Lipinski definition) is 3. The van der Waals surface area contributed by atoms with Gasteiger partial charge in [0.2, 0.25) is 11.8 Å². The summed E-state index contributed by atoms with van der Waals surface area (Å²) in [6, 6.07) is 37.8. The minimum Gasteiger partial charge on any atom is -0.491 e. The number of primary amides is 1. The minimum atomic E-state index is -1.90. The van der Waals surface area contributed by atoms with Gasteiger partial charge in [-0.25, -0.2) is 9.69 Å². The highest BCUT2D eigenvalue weighted by molar-refractivity contribution is 6.24. The predicted octanol–water partition coefficient (Wildman–Crippen LogP) is 5.68. The second-order valence-electron chi connectivity index (χ2n) is 14.1. The molecule has 0 saturated carbocycles. The van der Waals surface area contributed by atoms with Gasteiger partial charge >= 0.3 is 12.0 Å². The second-order valence-corrected chi connectivity index (χ2v) is 14.1. The number of nitrogens with zero attached hydrogens (tertiary/aromatic N) is 2. The summed E-state index contributed by atoms with van der Waals surface area (Å²) >= 11 is 0. The van der Waals surface area contributed by atoms with Crippen molar-refractivity contribution < 1.29 is 33.8 Å². The molecule has 0 radical (unpaired) electrons. The van der Waals surface area contributed by atoms with Crippen LogP contribution in [0.2, 0.25) is 0 Å². The molecule has 5 aromatic rings. The fraction of sp³-hybridized carbons (Fsp3) is 0.227. The van der Waals surface area contributed by atoms with Gasteiger partial charge in [0.05, 0.1) is 36.3 Å². The van der Waals surface area contributed by atoms with E-state index in [0.717, 1.165) is 16.0 Å². The molecule has 5 aromatic carbocycles. The topological polar surface area (TPSA) is 151 Å². The first-order valence-electron chi connectivity index (χ1n) is 18.3. The summed E-state index contributed by atoms with van der Waals surface area (Å²) in [6.45, 7) is 1.61. The first-order chi connectivity index (χ1) is 26.8. The number of rotatable bonds is 9. The Balaban J connectivity index is 1.38. The van der Waals surface area contributed by atoms with E-state index in [1.807, 2.05) is 109 Å². The first-order valence-corrected chi connectivity index (χ1v) is 18.3. The molecule has 2 fully saturated rings. The van der Waals surface area contributed by atoms with E-state index < -0.39 is 65.4 Å². The summed E-state index contributed by atoms with van der Waals surface area (Å²) in [6.07, 6.45) is -0.856. The summed E-state index contributed by atoms with van der Waals surface area (Å²) in [5.74, 6) is -3.39. The molecule has 4 amide bonds. The predicted molar refractivity (Wildman–Crippen MR) is 204 cm³/mol. The summed E-state index contributed by atoms with van der Waals surface area (Å²) in [5.41, 5.74) is 8.00. The van der Waals surface area contributed by atoms with Crippen LogP contribution in [0.4, 0.5) is 10.5 Å². The Kier molecular flexibility index (Phi) is 9.42. The molecule has 55 heavy (non-hydrogen) atoms. The molecular formula is C44H40N4O7. The smallest absolute Gasteiger partial charge is 0.329 e. The van der Waals surface area contributed by atoms with Gasteiger partial charge in [-0.3, -0.25) is 19.3 Å². The molecule has 3 heterocycles. The zero-order valence-electron chi connectivity index (χ0n) is 30.0. The average molecular weight is 737 g/mol. The normalized spacial score (nSPS) is 24.8. The van der Waals surface area contributed by atoms with E-state index in [1.54, 1.807) is 42.5 Å². The Hall–Kier alpha value is -6.30. The van der Waals surface area contributed by atoms with Gasteiger partial charge in [0, 0.05) is 0 Å². The number of cyclic esters (lactones) is 1. The number of morpholine rings is 1. The van der Waals surface area contributed by atoms with Crippen molar-refractivity contribution >= 4 is 29.5 Å². The third kappa shape index (κ3) is 5.83.